The Morgan fingerprint density at radius 3 is 2.60 bits per heavy atom. The van der Waals surface area contributed by atoms with E-state index in [2.05, 4.69) is 31.0 Å². The van der Waals surface area contributed by atoms with Crippen LogP contribution in [-0.4, -0.2) is 34.0 Å². The highest BCUT2D eigenvalue weighted by Gasteiger charge is 2.21. The second kappa shape index (κ2) is 5.76. The molecule has 0 bridgehead atoms. The summed E-state index contributed by atoms with van der Waals surface area (Å²) in [6.07, 6.45) is 0. The number of nitrogens with two attached hydrogens (primary N) is 1. The monoisotopic (exact) mass is 341 g/mol. The highest BCUT2D eigenvalue weighted by molar-refractivity contribution is 9.10. The number of anilines is 1. The lowest BCUT2D eigenvalue weighted by atomic mass is 10.2. The van der Waals surface area contributed by atoms with Crippen LogP contribution in [-0.2, 0) is 18.4 Å². The first-order valence-electron chi connectivity index (χ1n) is 5.88. The van der Waals surface area contributed by atoms with E-state index in [0.717, 1.165) is 11.3 Å². The first kappa shape index (κ1) is 14.7. The van der Waals surface area contributed by atoms with Crippen molar-refractivity contribution in [1.29, 1.82) is 0 Å². The van der Waals surface area contributed by atoms with E-state index in [-0.39, 0.29) is 0 Å². The zero-order valence-corrected chi connectivity index (χ0v) is 13.4. The molecule has 0 aliphatic rings. The number of nitrogens with zero attached hydrogens (tertiary/aromatic N) is 4. The number of ether oxygens (including phenoxy) is 2. The number of methoxy groups -OCH3 is 2. The molecule has 0 atom stereocenters. The number of halogens is 1. The molecule has 20 heavy (non-hydrogen) atoms. The predicted octanol–water partition coefficient (Wildman–Crippen LogP) is 1.69. The van der Waals surface area contributed by atoms with E-state index >= 15 is 0 Å². The van der Waals surface area contributed by atoms with Gasteiger partial charge in [-0.25, -0.2) is 14.6 Å². The average molecular weight is 342 g/mol. The molecule has 0 aliphatic carbocycles. The van der Waals surface area contributed by atoms with Crippen LogP contribution >= 0.6 is 15.9 Å². The van der Waals surface area contributed by atoms with Crippen LogP contribution in [0.25, 0.3) is 11.4 Å². The molecule has 108 valence electrons. The van der Waals surface area contributed by atoms with Crippen LogP contribution in [0.1, 0.15) is 11.4 Å². The minimum Gasteiger partial charge on any atom is -0.481 e. The maximum absolute atomic E-state index is 5.92. The molecule has 2 aromatic heterocycles. The molecule has 8 heteroatoms. The first-order valence-corrected chi connectivity index (χ1v) is 6.67. The summed E-state index contributed by atoms with van der Waals surface area (Å²) >= 11 is 3.37. The fourth-order valence-corrected chi connectivity index (χ4v) is 2.28. The first-order chi connectivity index (χ1) is 9.49. The van der Waals surface area contributed by atoms with Crippen LogP contribution in [0, 0.1) is 6.92 Å². The van der Waals surface area contributed by atoms with Gasteiger partial charge in [0.2, 0.25) is 5.88 Å². The molecule has 0 amide bonds. The lowest BCUT2D eigenvalue weighted by molar-refractivity contribution is 0.181. The van der Waals surface area contributed by atoms with Crippen molar-refractivity contribution in [3.05, 3.63) is 15.9 Å². The van der Waals surface area contributed by atoms with E-state index < -0.39 is 0 Å². The van der Waals surface area contributed by atoms with Gasteiger partial charge in [0.1, 0.15) is 11.4 Å². The third kappa shape index (κ3) is 2.48. The number of rotatable bonds is 4. The summed E-state index contributed by atoms with van der Waals surface area (Å²) in [5, 5.41) is 4.31. The van der Waals surface area contributed by atoms with E-state index in [0.29, 0.717) is 34.3 Å². The molecule has 0 unspecified atom stereocenters. The molecule has 0 saturated heterocycles. The van der Waals surface area contributed by atoms with E-state index in [1.54, 1.807) is 25.9 Å². The Morgan fingerprint density at radius 1 is 1.30 bits per heavy atom. The maximum Gasteiger partial charge on any atom is 0.222 e. The van der Waals surface area contributed by atoms with Crippen molar-refractivity contribution in [3.63, 3.8) is 0 Å². The smallest absolute Gasteiger partial charge is 0.222 e. The minimum atomic E-state index is 0.335. The summed E-state index contributed by atoms with van der Waals surface area (Å²) in [5.74, 6) is 1.42. The SMILES string of the molecule is COCc1nc(-c2c(C)nn(C)c2OC)nc(N)c1Br. The van der Waals surface area contributed by atoms with Crippen molar-refractivity contribution < 1.29 is 9.47 Å². The Labute approximate surface area is 125 Å². The van der Waals surface area contributed by atoms with Gasteiger partial charge in [-0.2, -0.15) is 5.10 Å². The third-order valence-corrected chi connectivity index (χ3v) is 3.68. The van der Waals surface area contributed by atoms with Crippen molar-refractivity contribution >= 4 is 21.7 Å². The van der Waals surface area contributed by atoms with Crippen molar-refractivity contribution in [2.75, 3.05) is 20.0 Å². The molecule has 0 spiro atoms. The maximum atomic E-state index is 5.92. The van der Waals surface area contributed by atoms with Gasteiger partial charge in [-0.1, -0.05) is 0 Å². The number of hydrogen-bond donors (Lipinski definition) is 1. The number of aromatic nitrogens is 4. The van der Waals surface area contributed by atoms with Crippen molar-refractivity contribution in [2.24, 2.45) is 7.05 Å². The zero-order valence-electron chi connectivity index (χ0n) is 11.8. The van der Waals surface area contributed by atoms with Gasteiger partial charge in [0, 0.05) is 14.2 Å². The third-order valence-electron chi connectivity index (χ3n) is 2.81. The number of nitrogen functional groups attached to an aromatic ring is 1. The second-order valence-electron chi connectivity index (χ2n) is 4.22. The fourth-order valence-electron chi connectivity index (χ4n) is 1.99. The van der Waals surface area contributed by atoms with Gasteiger partial charge in [-0.3, -0.25) is 0 Å². The summed E-state index contributed by atoms with van der Waals surface area (Å²) in [7, 11) is 4.98. The second-order valence-corrected chi connectivity index (χ2v) is 5.01. The lowest BCUT2D eigenvalue weighted by Gasteiger charge is -2.09. The van der Waals surface area contributed by atoms with Gasteiger partial charge in [0.25, 0.3) is 0 Å². The van der Waals surface area contributed by atoms with E-state index in [1.165, 1.54) is 0 Å². The van der Waals surface area contributed by atoms with Gasteiger partial charge in [0.15, 0.2) is 5.82 Å². The highest BCUT2D eigenvalue weighted by atomic mass is 79.9. The van der Waals surface area contributed by atoms with Crippen LogP contribution in [0.3, 0.4) is 0 Å². The van der Waals surface area contributed by atoms with Crippen LogP contribution in [0.4, 0.5) is 5.82 Å². The largest absolute Gasteiger partial charge is 0.481 e. The number of aryl methyl sites for hydroxylation is 2. The quantitative estimate of drug-likeness (QED) is 0.910. The molecule has 0 radical (unpaired) electrons. The topological polar surface area (TPSA) is 88.1 Å². The molecular formula is C12H16BrN5O2. The molecule has 2 N–H and O–H groups in total. The number of hydrogen-bond acceptors (Lipinski definition) is 6. The summed E-state index contributed by atoms with van der Waals surface area (Å²) in [4.78, 5) is 8.78. The fraction of sp³-hybridized carbons (Fsp3) is 0.417. The Kier molecular flexibility index (Phi) is 4.24. The van der Waals surface area contributed by atoms with Crippen LogP contribution in [0.2, 0.25) is 0 Å². The summed E-state index contributed by atoms with van der Waals surface area (Å²) < 4.78 is 12.8. The Balaban J connectivity index is 2.64. The Morgan fingerprint density at radius 2 is 2.00 bits per heavy atom. The molecule has 0 saturated carbocycles. The van der Waals surface area contributed by atoms with E-state index in [4.69, 9.17) is 15.2 Å². The zero-order chi connectivity index (χ0) is 14.9. The van der Waals surface area contributed by atoms with Gasteiger partial charge < -0.3 is 15.2 Å². The molecule has 2 rings (SSSR count). The van der Waals surface area contributed by atoms with Crippen LogP contribution in [0.5, 0.6) is 5.88 Å². The van der Waals surface area contributed by atoms with Gasteiger partial charge in [-0.05, 0) is 22.9 Å². The molecule has 0 aliphatic heterocycles. The standard InChI is InChI=1S/C12H16BrN5O2/c1-6-8(12(20-4)18(2)17-6)11-15-7(5-19-3)9(13)10(14)16-11/h5H2,1-4H3,(H2,14,15,16). The van der Waals surface area contributed by atoms with Crippen LogP contribution in [0.15, 0.2) is 4.47 Å². The predicted molar refractivity (Wildman–Crippen MR) is 78.3 cm³/mol. The van der Waals surface area contributed by atoms with Crippen LogP contribution < -0.4 is 10.5 Å². The summed E-state index contributed by atoms with van der Waals surface area (Å²) in [6, 6.07) is 0. The van der Waals surface area contributed by atoms with Gasteiger partial charge >= 0.3 is 0 Å². The molecule has 2 heterocycles. The molecule has 0 fully saturated rings. The Bertz CT molecular complexity index is 641. The minimum absolute atomic E-state index is 0.335. The molecular weight excluding hydrogens is 326 g/mol. The summed E-state index contributed by atoms with van der Waals surface area (Å²) in [5.41, 5.74) is 8.10. The normalized spacial score (nSPS) is 10.8. The van der Waals surface area contributed by atoms with Crippen molar-refractivity contribution in [3.8, 4) is 17.3 Å². The molecule has 7 nitrogen and oxygen atoms in total. The van der Waals surface area contributed by atoms with E-state index in [1.807, 2.05) is 6.92 Å². The van der Waals surface area contributed by atoms with E-state index in [9.17, 15) is 0 Å². The molecule has 0 aromatic carbocycles. The highest BCUT2D eigenvalue weighted by Crippen LogP contribution is 2.33. The Hall–Kier alpha value is -1.67. The van der Waals surface area contributed by atoms with Gasteiger partial charge in [-0.15, -0.1) is 0 Å². The average Bonchev–Trinajstić information content (AvgIpc) is 2.69. The molecule has 2 aromatic rings. The summed E-state index contributed by atoms with van der Waals surface area (Å²) in [6.45, 7) is 2.21. The van der Waals surface area contributed by atoms with Crippen molar-refractivity contribution in [1.82, 2.24) is 19.7 Å². The van der Waals surface area contributed by atoms with Gasteiger partial charge in [0.05, 0.1) is 29.6 Å². The van der Waals surface area contributed by atoms with Crippen molar-refractivity contribution in [2.45, 2.75) is 13.5 Å². The lowest BCUT2D eigenvalue weighted by Crippen LogP contribution is -2.05.